The van der Waals surface area contributed by atoms with Gasteiger partial charge in [0.25, 0.3) is 5.91 Å². The van der Waals surface area contributed by atoms with Crippen molar-refractivity contribution in [1.82, 2.24) is 9.80 Å². The highest BCUT2D eigenvalue weighted by atomic mass is 16.5. The molecule has 0 aliphatic carbocycles. The van der Waals surface area contributed by atoms with Crippen molar-refractivity contribution in [2.24, 2.45) is 11.3 Å². The van der Waals surface area contributed by atoms with Gasteiger partial charge in [-0.1, -0.05) is 51.5 Å². The third-order valence-electron chi connectivity index (χ3n) is 8.04. The number of esters is 1. The standard InChI is InChI=1S/C32H44N2O4/c1-4-5-21-37-31(36)27-11-8-10-26(22-27)30(35)34-19-15-32(16-20-34)13-17-33(18-14-32)23-28-9-6-7-12-29(28)38-24-25(2)3/h6-12,22,25H,4-5,13-21,23-24H2,1-3H3. The molecule has 4 rings (SSSR count). The van der Waals surface area contributed by atoms with Crippen molar-refractivity contribution in [1.29, 1.82) is 0 Å². The lowest BCUT2D eigenvalue weighted by atomic mass is 9.71. The van der Waals surface area contributed by atoms with E-state index in [1.165, 1.54) is 18.4 Å². The molecule has 2 fully saturated rings. The zero-order valence-electron chi connectivity index (χ0n) is 23.4. The number of piperidine rings is 2. The van der Waals surface area contributed by atoms with Crippen molar-refractivity contribution in [3.63, 3.8) is 0 Å². The van der Waals surface area contributed by atoms with Crippen LogP contribution in [0.3, 0.4) is 0 Å². The van der Waals surface area contributed by atoms with Gasteiger partial charge in [0, 0.05) is 30.8 Å². The maximum absolute atomic E-state index is 13.2. The summed E-state index contributed by atoms with van der Waals surface area (Å²) in [5.74, 6) is 1.17. The molecule has 2 aromatic carbocycles. The van der Waals surface area contributed by atoms with Gasteiger partial charge in [-0.05, 0) is 80.8 Å². The maximum atomic E-state index is 13.2. The third-order valence-corrected chi connectivity index (χ3v) is 8.04. The summed E-state index contributed by atoms with van der Waals surface area (Å²) >= 11 is 0. The van der Waals surface area contributed by atoms with Gasteiger partial charge < -0.3 is 14.4 Å². The number of hydrogen-bond donors (Lipinski definition) is 0. The molecule has 6 heteroatoms. The molecule has 1 spiro atoms. The van der Waals surface area contributed by atoms with Gasteiger partial charge in [0.2, 0.25) is 0 Å². The van der Waals surface area contributed by atoms with Gasteiger partial charge in [-0.25, -0.2) is 4.79 Å². The Morgan fingerprint density at radius 2 is 1.61 bits per heavy atom. The van der Waals surface area contributed by atoms with Crippen LogP contribution in [0.2, 0.25) is 0 Å². The first kappa shape index (κ1) is 28.2. The number of para-hydroxylation sites is 1. The molecular formula is C32H44N2O4. The Balaban J connectivity index is 1.27. The zero-order chi connectivity index (χ0) is 27.0. The van der Waals surface area contributed by atoms with Crippen LogP contribution in [0.1, 0.15) is 85.6 Å². The van der Waals surface area contributed by atoms with Crippen molar-refractivity contribution in [3.8, 4) is 5.75 Å². The normalized spacial score (nSPS) is 17.5. The Morgan fingerprint density at radius 1 is 0.921 bits per heavy atom. The van der Waals surface area contributed by atoms with E-state index in [0.717, 1.165) is 70.8 Å². The Hall–Kier alpha value is -2.86. The molecule has 2 aromatic rings. The van der Waals surface area contributed by atoms with Crippen LogP contribution >= 0.6 is 0 Å². The fourth-order valence-electron chi connectivity index (χ4n) is 5.50. The third kappa shape index (κ3) is 7.37. The van der Waals surface area contributed by atoms with Crippen LogP contribution < -0.4 is 4.74 Å². The molecule has 0 aromatic heterocycles. The molecule has 0 N–H and O–H groups in total. The molecule has 6 nitrogen and oxygen atoms in total. The second kappa shape index (κ2) is 13.3. The van der Waals surface area contributed by atoms with Gasteiger partial charge in [0.05, 0.1) is 18.8 Å². The minimum Gasteiger partial charge on any atom is -0.493 e. The van der Waals surface area contributed by atoms with Crippen molar-refractivity contribution < 1.29 is 19.1 Å². The molecule has 38 heavy (non-hydrogen) atoms. The van der Waals surface area contributed by atoms with Gasteiger partial charge >= 0.3 is 5.97 Å². The van der Waals surface area contributed by atoms with E-state index in [2.05, 4.69) is 49.9 Å². The number of rotatable bonds is 10. The van der Waals surface area contributed by atoms with Gasteiger partial charge in [-0.2, -0.15) is 0 Å². The molecule has 2 aliphatic rings. The lowest BCUT2D eigenvalue weighted by Crippen LogP contribution is -2.48. The smallest absolute Gasteiger partial charge is 0.338 e. The van der Waals surface area contributed by atoms with E-state index >= 15 is 0 Å². The van der Waals surface area contributed by atoms with Crippen LogP contribution in [0.4, 0.5) is 0 Å². The van der Waals surface area contributed by atoms with E-state index in [1.54, 1.807) is 24.3 Å². The average molecular weight is 521 g/mol. The maximum Gasteiger partial charge on any atom is 0.338 e. The second-order valence-corrected chi connectivity index (χ2v) is 11.5. The fraction of sp³-hybridized carbons (Fsp3) is 0.562. The summed E-state index contributed by atoms with van der Waals surface area (Å²) in [6, 6.07) is 15.4. The van der Waals surface area contributed by atoms with Crippen molar-refractivity contribution in [3.05, 3.63) is 65.2 Å². The van der Waals surface area contributed by atoms with E-state index in [1.807, 2.05) is 4.90 Å². The summed E-state index contributed by atoms with van der Waals surface area (Å²) < 4.78 is 11.4. The molecule has 0 bridgehead atoms. The number of benzene rings is 2. The minimum atomic E-state index is -0.355. The monoisotopic (exact) mass is 520 g/mol. The Morgan fingerprint density at radius 3 is 2.32 bits per heavy atom. The molecule has 0 radical (unpaired) electrons. The molecule has 1 amide bonds. The van der Waals surface area contributed by atoms with Crippen LogP contribution in [-0.4, -0.2) is 61.1 Å². The molecule has 2 heterocycles. The van der Waals surface area contributed by atoms with Gasteiger partial charge in [-0.15, -0.1) is 0 Å². The van der Waals surface area contributed by atoms with E-state index in [4.69, 9.17) is 9.47 Å². The highest BCUT2D eigenvalue weighted by Crippen LogP contribution is 2.42. The number of carbonyl (C=O) groups excluding carboxylic acids is 2. The van der Waals surface area contributed by atoms with Crippen molar-refractivity contribution in [2.75, 3.05) is 39.4 Å². The highest BCUT2D eigenvalue weighted by molar-refractivity contribution is 5.98. The topological polar surface area (TPSA) is 59.1 Å². The molecule has 0 unspecified atom stereocenters. The van der Waals surface area contributed by atoms with Crippen molar-refractivity contribution in [2.45, 2.75) is 65.8 Å². The van der Waals surface area contributed by atoms with Gasteiger partial charge in [0.1, 0.15) is 5.75 Å². The van der Waals surface area contributed by atoms with Gasteiger partial charge in [-0.3, -0.25) is 9.69 Å². The quantitative estimate of drug-likeness (QED) is 0.276. The molecule has 2 saturated heterocycles. The number of nitrogens with zero attached hydrogens (tertiary/aromatic N) is 2. The lowest BCUT2D eigenvalue weighted by Gasteiger charge is -2.47. The predicted octanol–water partition coefficient (Wildman–Crippen LogP) is 6.20. The summed E-state index contributed by atoms with van der Waals surface area (Å²) in [4.78, 5) is 30.1. The molecule has 0 atom stereocenters. The number of amides is 1. The first-order valence-corrected chi connectivity index (χ1v) is 14.4. The Kier molecular flexibility index (Phi) is 9.84. The van der Waals surface area contributed by atoms with Crippen LogP contribution in [0.25, 0.3) is 0 Å². The fourth-order valence-corrected chi connectivity index (χ4v) is 5.50. The van der Waals surface area contributed by atoms with Crippen molar-refractivity contribution >= 4 is 11.9 Å². The SMILES string of the molecule is CCCCOC(=O)c1cccc(C(=O)N2CCC3(CCN(Cc4ccccc4OCC(C)C)CC3)CC2)c1. The summed E-state index contributed by atoms with van der Waals surface area (Å²) in [5, 5.41) is 0. The number of unbranched alkanes of at least 4 members (excludes halogenated alkanes) is 1. The van der Waals surface area contributed by atoms with E-state index < -0.39 is 0 Å². The largest absolute Gasteiger partial charge is 0.493 e. The number of hydrogen-bond acceptors (Lipinski definition) is 5. The summed E-state index contributed by atoms with van der Waals surface area (Å²) in [5.41, 5.74) is 2.61. The number of ether oxygens (including phenoxy) is 2. The lowest BCUT2D eigenvalue weighted by molar-refractivity contribution is 0.0283. The molecular weight excluding hydrogens is 476 g/mol. The van der Waals surface area contributed by atoms with Gasteiger partial charge in [0.15, 0.2) is 0 Å². The summed E-state index contributed by atoms with van der Waals surface area (Å²) in [6.45, 7) is 12.2. The molecule has 206 valence electrons. The Bertz CT molecular complexity index is 1060. The first-order valence-electron chi connectivity index (χ1n) is 14.4. The molecule has 0 saturated carbocycles. The highest BCUT2D eigenvalue weighted by Gasteiger charge is 2.38. The average Bonchev–Trinajstić information content (AvgIpc) is 2.94. The van der Waals surface area contributed by atoms with E-state index in [9.17, 15) is 9.59 Å². The van der Waals surface area contributed by atoms with E-state index in [0.29, 0.717) is 29.1 Å². The van der Waals surface area contributed by atoms with E-state index in [-0.39, 0.29) is 11.9 Å². The molecule has 2 aliphatic heterocycles. The van der Waals surface area contributed by atoms with Crippen LogP contribution in [0, 0.1) is 11.3 Å². The second-order valence-electron chi connectivity index (χ2n) is 11.5. The van der Waals surface area contributed by atoms with Crippen LogP contribution in [-0.2, 0) is 11.3 Å². The summed E-state index contributed by atoms with van der Waals surface area (Å²) in [7, 11) is 0. The first-order chi connectivity index (χ1) is 18.4. The van der Waals surface area contributed by atoms with Crippen LogP contribution in [0.15, 0.2) is 48.5 Å². The number of carbonyl (C=O) groups is 2. The number of likely N-dealkylation sites (tertiary alicyclic amines) is 2. The summed E-state index contributed by atoms with van der Waals surface area (Å²) in [6.07, 6.45) is 6.24. The minimum absolute atomic E-state index is 0.0125. The Labute approximate surface area is 228 Å². The zero-order valence-corrected chi connectivity index (χ0v) is 23.4. The van der Waals surface area contributed by atoms with Crippen LogP contribution in [0.5, 0.6) is 5.75 Å². The predicted molar refractivity (Wildman–Crippen MR) is 150 cm³/mol.